The maximum absolute atomic E-state index is 12.4. The van der Waals surface area contributed by atoms with E-state index in [9.17, 15) is 20.1 Å². The molecule has 1 aromatic carbocycles. The van der Waals surface area contributed by atoms with Crippen LogP contribution < -0.4 is 4.74 Å². The molecule has 1 aromatic rings. The molecule has 0 amide bonds. The Hall–Kier alpha value is -1.99. The molecule has 7 nitrogen and oxygen atoms in total. The van der Waals surface area contributed by atoms with Crippen LogP contribution in [0.5, 0.6) is 5.75 Å². The molecule has 1 atom stereocenters. The number of benzene rings is 1. The van der Waals surface area contributed by atoms with Gasteiger partial charge in [-0.25, -0.2) is 0 Å². The summed E-state index contributed by atoms with van der Waals surface area (Å²) in [6.07, 6.45) is 0.461. The molecule has 2 rings (SSSR count). The first-order valence-corrected chi connectivity index (χ1v) is 7.01. The smallest absolute Gasteiger partial charge is 0.316 e. The third kappa shape index (κ3) is 2.82. The average Bonchev–Trinajstić information content (AvgIpc) is 2.59. The van der Waals surface area contributed by atoms with Crippen molar-refractivity contribution < 1.29 is 19.7 Å². The maximum atomic E-state index is 12.4. The van der Waals surface area contributed by atoms with Crippen LogP contribution in [0.4, 0.5) is 5.69 Å². The third-order valence-electron chi connectivity index (χ3n) is 4.23. The second-order valence-corrected chi connectivity index (χ2v) is 6.71. The summed E-state index contributed by atoms with van der Waals surface area (Å²) in [6.45, 7) is 7.27. The molecule has 0 bridgehead atoms. The van der Waals surface area contributed by atoms with E-state index in [1.54, 1.807) is 13.8 Å². The zero-order valence-electron chi connectivity index (χ0n) is 13.1. The summed E-state index contributed by atoms with van der Waals surface area (Å²) in [5.74, 6) is -0.702. The lowest BCUT2D eigenvalue weighted by Crippen LogP contribution is -2.48. The van der Waals surface area contributed by atoms with Crippen LogP contribution in [0.15, 0.2) is 24.3 Å². The lowest BCUT2D eigenvalue weighted by Gasteiger charge is -2.35. The van der Waals surface area contributed by atoms with Crippen molar-refractivity contribution in [3.63, 3.8) is 0 Å². The summed E-state index contributed by atoms with van der Waals surface area (Å²) >= 11 is 0. The van der Waals surface area contributed by atoms with E-state index < -0.39 is 27.9 Å². The summed E-state index contributed by atoms with van der Waals surface area (Å²) in [5, 5.41) is 22.0. The highest BCUT2D eigenvalue weighted by atomic mass is 16.6. The van der Waals surface area contributed by atoms with E-state index in [0.29, 0.717) is 6.42 Å². The van der Waals surface area contributed by atoms with E-state index in [1.165, 1.54) is 29.3 Å². The van der Waals surface area contributed by atoms with Crippen molar-refractivity contribution in [2.45, 2.75) is 45.2 Å². The van der Waals surface area contributed by atoms with Crippen LogP contribution in [-0.4, -0.2) is 32.2 Å². The Balaban J connectivity index is 2.14. The molecule has 1 aliphatic rings. The summed E-state index contributed by atoms with van der Waals surface area (Å²) in [5.41, 5.74) is -1.34. The zero-order valence-corrected chi connectivity index (χ0v) is 13.1. The number of carbonyl (C=O) groups is 1. The largest absolute Gasteiger partial charge is 0.426 e. The highest BCUT2D eigenvalue weighted by Gasteiger charge is 2.55. The molecule has 1 N–H and O–H groups in total. The standard InChI is InChI=1S/C15H20N2O5/c1-14(2)9-12(15(3,4)17(14)21)13(18)22-11-7-5-10(6-8-11)16(19)20/h5-8,12,21H,9H2,1-4H3/t12-/m1/s1. The number of carbonyl (C=O) groups excluding carboxylic acids is 1. The van der Waals surface area contributed by atoms with Gasteiger partial charge in [-0.3, -0.25) is 14.9 Å². The van der Waals surface area contributed by atoms with E-state index in [1.807, 2.05) is 13.8 Å². The Morgan fingerprint density at radius 1 is 1.32 bits per heavy atom. The van der Waals surface area contributed by atoms with Crippen LogP contribution in [0.1, 0.15) is 34.1 Å². The average molecular weight is 308 g/mol. The second-order valence-electron chi connectivity index (χ2n) is 6.71. The minimum Gasteiger partial charge on any atom is -0.426 e. The molecule has 0 spiro atoms. The van der Waals surface area contributed by atoms with Gasteiger partial charge in [-0.1, -0.05) is 0 Å². The second kappa shape index (κ2) is 5.33. The van der Waals surface area contributed by atoms with Gasteiger partial charge in [-0.2, -0.15) is 5.06 Å². The van der Waals surface area contributed by atoms with Gasteiger partial charge in [0.25, 0.3) is 5.69 Å². The molecule has 0 aliphatic carbocycles. The summed E-state index contributed by atoms with van der Waals surface area (Å²) in [4.78, 5) is 22.5. The Morgan fingerprint density at radius 3 is 2.27 bits per heavy atom. The van der Waals surface area contributed by atoms with E-state index >= 15 is 0 Å². The minimum atomic E-state index is -0.749. The van der Waals surface area contributed by atoms with Crippen LogP contribution in [0.25, 0.3) is 0 Å². The van der Waals surface area contributed by atoms with Crippen LogP contribution in [0.3, 0.4) is 0 Å². The van der Waals surface area contributed by atoms with Crippen LogP contribution in [-0.2, 0) is 4.79 Å². The van der Waals surface area contributed by atoms with Crippen molar-refractivity contribution in [1.29, 1.82) is 0 Å². The van der Waals surface area contributed by atoms with Gasteiger partial charge < -0.3 is 9.94 Å². The zero-order chi connectivity index (χ0) is 16.7. The predicted octanol–water partition coefficient (Wildman–Crippen LogP) is 2.77. The van der Waals surface area contributed by atoms with Gasteiger partial charge in [0.15, 0.2) is 0 Å². The predicted molar refractivity (Wildman–Crippen MR) is 78.6 cm³/mol. The maximum Gasteiger partial charge on any atom is 0.316 e. The van der Waals surface area contributed by atoms with Gasteiger partial charge in [-0.05, 0) is 46.2 Å². The number of ether oxygens (including phenoxy) is 1. The number of nitrogens with zero attached hydrogens (tertiary/aromatic N) is 2. The first-order valence-electron chi connectivity index (χ1n) is 7.01. The summed E-state index contributed by atoms with van der Waals surface area (Å²) in [7, 11) is 0. The lowest BCUT2D eigenvalue weighted by molar-refractivity contribution is -0.384. The molecule has 120 valence electrons. The molecule has 7 heteroatoms. The van der Waals surface area contributed by atoms with Gasteiger partial charge >= 0.3 is 5.97 Å². The number of non-ortho nitro benzene ring substituents is 1. The Labute approximate surface area is 128 Å². The van der Waals surface area contributed by atoms with Gasteiger partial charge in [0.05, 0.1) is 16.4 Å². The van der Waals surface area contributed by atoms with Crippen molar-refractivity contribution in [2.75, 3.05) is 0 Å². The quantitative estimate of drug-likeness (QED) is 0.399. The van der Waals surface area contributed by atoms with Gasteiger partial charge in [0.1, 0.15) is 5.75 Å². The lowest BCUT2D eigenvalue weighted by atomic mass is 9.87. The number of rotatable bonds is 3. The molecule has 1 saturated heterocycles. The number of hydroxylamine groups is 2. The van der Waals surface area contributed by atoms with E-state index in [4.69, 9.17) is 4.74 Å². The van der Waals surface area contributed by atoms with E-state index in [-0.39, 0.29) is 11.4 Å². The van der Waals surface area contributed by atoms with Crippen molar-refractivity contribution in [1.82, 2.24) is 5.06 Å². The SMILES string of the molecule is CC1(C)C[C@H](C(=O)Oc2ccc([N+](=O)[O-])cc2)C(C)(C)N1O. The highest BCUT2D eigenvalue weighted by Crippen LogP contribution is 2.44. The number of hydrogen-bond donors (Lipinski definition) is 1. The number of hydrogen-bond acceptors (Lipinski definition) is 6. The van der Waals surface area contributed by atoms with Crippen molar-refractivity contribution in [2.24, 2.45) is 5.92 Å². The summed E-state index contributed by atoms with van der Waals surface area (Å²) in [6, 6.07) is 5.34. The third-order valence-corrected chi connectivity index (χ3v) is 4.23. The molecule has 1 heterocycles. The molecule has 0 aromatic heterocycles. The number of esters is 1. The first-order chi connectivity index (χ1) is 10.1. The van der Waals surface area contributed by atoms with E-state index in [2.05, 4.69) is 0 Å². The van der Waals surface area contributed by atoms with Crippen molar-refractivity contribution >= 4 is 11.7 Å². The number of nitro groups is 1. The highest BCUT2D eigenvalue weighted by molar-refractivity contribution is 5.77. The normalized spacial score (nSPS) is 23.2. The van der Waals surface area contributed by atoms with Crippen molar-refractivity contribution in [3.8, 4) is 5.75 Å². The summed E-state index contributed by atoms with van der Waals surface area (Å²) < 4.78 is 5.31. The van der Waals surface area contributed by atoms with Gasteiger partial charge in [0.2, 0.25) is 0 Å². The fraction of sp³-hybridized carbons (Fsp3) is 0.533. The Morgan fingerprint density at radius 2 is 1.86 bits per heavy atom. The van der Waals surface area contributed by atoms with Crippen LogP contribution >= 0.6 is 0 Å². The molecular formula is C15H20N2O5. The minimum absolute atomic E-state index is 0.0661. The Bertz CT molecular complexity index is 594. The molecule has 0 radical (unpaired) electrons. The number of nitro benzene ring substituents is 1. The van der Waals surface area contributed by atoms with Gasteiger partial charge in [0, 0.05) is 17.7 Å². The fourth-order valence-corrected chi connectivity index (χ4v) is 2.96. The molecule has 1 fully saturated rings. The van der Waals surface area contributed by atoms with Crippen molar-refractivity contribution in [3.05, 3.63) is 34.4 Å². The van der Waals surface area contributed by atoms with Crippen LogP contribution in [0, 0.1) is 16.0 Å². The molecule has 0 saturated carbocycles. The molecule has 0 unspecified atom stereocenters. The molecule has 1 aliphatic heterocycles. The molecular weight excluding hydrogens is 288 g/mol. The topological polar surface area (TPSA) is 92.9 Å². The monoisotopic (exact) mass is 308 g/mol. The fourth-order valence-electron chi connectivity index (χ4n) is 2.96. The first kappa shape index (κ1) is 16.4. The van der Waals surface area contributed by atoms with Crippen LogP contribution in [0.2, 0.25) is 0 Å². The molecule has 22 heavy (non-hydrogen) atoms. The van der Waals surface area contributed by atoms with Gasteiger partial charge in [-0.15, -0.1) is 0 Å². The Kier molecular flexibility index (Phi) is 3.97. The van der Waals surface area contributed by atoms with E-state index in [0.717, 1.165) is 0 Å².